The molecular weight excluding hydrogens is 272 g/mol. The molecule has 116 valence electrons. The average Bonchev–Trinajstić information content (AvgIpc) is 2.45. The summed E-state index contributed by atoms with van der Waals surface area (Å²) in [7, 11) is 3.01. The number of carbonyl (C=O) groups is 1. The van der Waals surface area contributed by atoms with Gasteiger partial charge in [-0.1, -0.05) is 12.2 Å². The molecule has 0 heterocycles. The summed E-state index contributed by atoms with van der Waals surface area (Å²) in [4.78, 5) is 12.1. The third-order valence-electron chi connectivity index (χ3n) is 2.68. The second-order valence-electron chi connectivity index (χ2n) is 4.56. The number of amides is 1. The van der Waals surface area contributed by atoms with Crippen LogP contribution in [0.1, 0.15) is 17.3 Å². The summed E-state index contributed by atoms with van der Waals surface area (Å²) in [5.41, 5.74) is 7.46. The second-order valence-corrected chi connectivity index (χ2v) is 4.56. The number of anilines is 1. The Morgan fingerprint density at radius 1 is 1.29 bits per heavy atom. The third-order valence-corrected chi connectivity index (χ3v) is 2.68. The predicted molar refractivity (Wildman–Crippen MR) is 81.9 cm³/mol. The van der Waals surface area contributed by atoms with Crippen molar-refractivity contribution in [2.24, 2.45) is 0 Å². The molecule has 6 nitrogen and oxygen atoms in total. The summed E-state index contributed by atoms with van der Waals surface area (Å²) in [5.74, 6) is 0.652. The number of methoxy groups -OCH3 is 2. The first-order chi connectivity index (χ1) is 9.99. The summed E-state index contributed by atoms with van der Waals surface area (Å²) in [6.45, 7) is 6.88. The largest absolute Gasteiger partial charge is 0.493 e. The van der Waals surface area contributed by atoms with E-state index in [2.05, 4.69) is 11.9 Å². The van der Waals surface area contributed by atoms with Crippen molar-refractivity contribution in [3.8, 4) is 11.5 Å². The molecule has 6 heteroatoms. The molecule has 0 saturated carbocycles. The maximum Gasteiger partial charge on any atom is 0.253 e. The van der Waals surface area contributed by atoms with Crippen molar-refractivity contribution in [1.29, 1.82) is 0 Å². The average molecular weight is 294 g/mol. The van der Waals surface area contributed by atoms with Gasteiger partial charge in [-0.2, -0.15) is 0 Å². The molecule has 0 aromatic heterocycles. The summed E-state index contributed by atoms with van der Waals surface area (Å²) in [6.07, 6.45) is 0. The zero-order valence-electron chi connectivity index (χ0n) is 12.7. The Morgan fingerprint density at radius 2 is 1.90 bits per heavy atom. The van der Waals surface area contributed by atoms with Gasteiger partial charge in [0.15, 0.2) is 11.5 Å². The number of hydrogen-bond donors (Lipinski definition) is 2. The van der Waals surface area contributed by atoms with Crippen molar-refractivity contribution < 1.29 is 19.0 Å². The van der Waals surface area contributed by atoms with Crippen LogP contribution in [0.5, 0.6) is 11.5 Å². The lowest BCUT2D eigenvalue weighted by atomic mass is 10.1. The van der Waals surface area contributed by atoms with E-state index in [1.807, 2.05) is 6.92 Å². The van der Waals surface area contributed by atoms with Crippen molar-refractivity contribution >= 4 is 11.6 Å². The van der Waals surface area contributed by atoms with Crippen molar-refractivity contribution in [2.45, 2.75) is 6.92 Å². The molecule has 0 aliphatic heterocycles. The van der Waals surface area contributed by atoms with Gasteiger partial charge in [0.25, 0.3) is 5.91 Å². The molecule has 1 aromatic rings. The zero-order valence-corrected chi connectivity index (χ0v) is 12.7. The summed E-state index contributed by atoms with van der Waals surface area (Å²) in [5, 5.41) is 2.73. The highest BCUT2D eigenvalue weighted by Crippen LogP contribution is 2.31. The first kappa shape index (κ1) is 16.8. The van der Waals surface area contributed by atoms with Gasteiger partial charge in [0.05, 0.1) is 33.0 Å². The van der Waals surface area contributed by atoms with Gasteiger partial charge in [-0.25, -0.2) is 0 Å². The Morgan fingerprint density at radius 3 is 2.48 bits per heavy atom. The molecule has 0 saturated heterocycles. The van der Waals surface area contributed by atoms with Gasteiger partial charge in [-0.15, -0.1) is 0 Å². The van der Waals surface area contributed by atoms with Crippen molar-refractivity contribution in [1.82, 2.24) is 5.32 Å². The van der Waals surface area contributed by atoms with Crippen LogP contribution in [0.3, 0.4) is 0 Å². The molecule has 1 aromatic carbocycles. The van der Waals surface area contributed by atoms with Crippen LogP contribution in [0.25, 0.3) is 0 Å². The van der Waals surface area contributed by atoms with Crippen LogP contribution in [0.15, 0.2) is 24.3 Å². The minimum absolute atomic E-state index is 0.285. The molecule has 0 fully saturated rings. The number of rotatable bonds is 8. The molecule has 0 aliphatic carbocycles. The van der Waals surface area contributed by atoms with Gasteiger partial charge in [0, 0.05) is 18.3 Å². The highest BCUT2D eigenvalue weighted by atomic mass is 16.5. The van der Waals surface area contributed by atoms with Crippen LogP contribution in [0.2, 0.25) is 0 Å². The van der Waals surface area contributed by atoms with E-state index in [9.17, 15) is 4.79 Å². The van der Waals surface area contributed by atoms with E-state index in [0.29, 0.717) is 42.5 Å². The Bertz CT molecular complexity index is 515. The molecular formula is C15H22N2O4. The van der Waals surface area contributed by atoms with E-state index in [1.165, 1.54) is 14.2 Å². The van der Waals surface area contributed by atoms with E-state index in [0.717, 1.165) is 5.57 Å². The lowest BCUT2D eigenvalue weighted by molar-refractivity contribution is 0.0927. The molecule has 0 unspecified atom stereocenters. The van der Waals surface area contributed by atoms with Gasteiger partial charge >= 0.3 is 0 Å². The molecule has 0 radical (unpaired) electrons. The van der Waals surface area contributed by atoms with E-state index >= 15 is 0 Å². The Balaban J connectivity index is 2.63. The van der Waals surface area contributed by atoms with Gasteiger partial charge in [0.1, 0.15) is 0 Å². The third kappa shape index (κ3) is 5.00. The summed E-state index contributed by atoms with van der Waals surface area (Å²) in [6, 6.07) is 3.11. The standard InChI is InChI=1S/C15H22N2O4/c1-10(2)9-21-6-5-17-15(18)11-7-13(19-3)14(20-4)8-12(11)16/h7-8H,1,5-6,9,16H2,2-4H3,(H,17,18). The lowest BCUT2D eigenvalue weighted by Gasteiger charge is -2.12. The molecule has 0 spiro atoms. The maximum atomic E-state index is 12.1. The zero-order chi connectivity index (χ0) is 15.8. The molecule has 0 atom stereocenters. The minimum atomic E-state index is -0.285. The fourth-order valence-electron chi connectivity index (χ4n) is 1.67. The van der Waals surface area contributed by atoms with Crippen LogP contribution in [0, 0.1) is 0 Å². The fourth-order valence-corrected chi connectivity index (χ4v) is 1.67. The molecule has 1 amide bonds. The predicted octanol–water partition coefficient (Wildman–Crippen LogP) is 1.61. The van der Waals surface area contributed by atoms with Crippen LogP contribution in [-0.2, 0) is 4.74 Å². The normalized spacial score (nSPS) is 10.0. The second kappa shape index (κ2) is 8.16. The topological polar surface area (TPSA) is 82.8 Å². The summed E-state index contributed by atoms with van der Waals surface area (Å²) >= 11 is 0. The fraction of sp³-hybridized carbons (Fsp3) is 0.400. The molecule has 3 N–H and O–H groups in total. The van der Waals surface area contributed by atoms with Gasteiger partial charge in [-0.05, 0) is 13.0 Å². The Kier molecular flexibility index (Phi) is 6.55. The number of benzene rings is 1. The van der Waals surface area contributed by atoms with Crippen molar-refractivity contribution in [2.75, 3.05) is 39.7 Å². The molecule has 0 aliphatic rings. The van der Waals surface area contributed by atoms with Gasteiger partial charge in [0.2, 0.25) is 0 Å². The van der Waals surface area contributed by atoms with Crippen LogP contribution >= 0.6 is 0 Å². The van der Waals surface area contributed by atoms with E-state index in [-0.39, 0.29) is 5.91 Å². The minimum Gasteiger partial charge on any atom is -0.493 e. The monoisotopic (exact) mass is 294 g/mol. The first-order valence-corrected chi connectivity index (χ1v) is 6.51. The van der Waals surface area contributed by atoms with Crippen LogP contribution in [-0.4, -0.2) is 39.9 Å². The number of hydrogen-bond acceptors (Lipinski definition) is 5. The van der Waals surface area contributed by atoms with Crippen LogP contribution < -0.4 is 20.5 Å². The SMILES string of the molecule is C=C(C)COCCNC(=O)c1cc(OC)c(OC)cc1N. The first-order valence-electron chi connectivity index (χ1n) is 6.51. The van der Waals surface area contributed by atoms with E-state index in [1.54, 1.807) is 12.1 Å². The van der Waals surface area contributed by atoms with E-state index in [4.69, 9.17) is 19.9 Å². The molecule has 0 bridgehead atoms. The highest BCUT2D eigenvalue weighted by Gasteiger charge is 2.14. The molecule has 1 rings (SSSR count). The summed E-state index contributed by atoms with van der Waals surface area (Å²) < 4.78 is 15.6. The lowest BCUT2D eigenvalue weighted by Crippen LogP contribution is -2.28. The van der Waals surface area contributed by atoms with Crippen molar-refractivity contribution in [3.63, 3.8) is 0 Å². The number of nitrogens with one attached hydrogen (secondary N) is 1. The maximum absolute atomic E-state index is 12.1. The number of nitrogens with two attached hydrogens (primary N) is 1. The van der Waals surface area contributed by atoms with Crippen LogP contribution in [0.4, 0.5) is 5.69 Å². The van der Waals surface area contributed by atoms with Gasteiger partial charge < -0.3 is 25.3 Å². The quantitative estimate of drug-likeness (QED) is 0.432. The smallest absolute Gasteiger partial charge is 0.253 e. The van der Waals surface area contributed by atoms with Gasteiger partial charge in [-0.3, -0.25) is 4.79 Å². The Hall–Kier alpha value is -2.21. The van der Waals surface area contributed by atoms with E-state index < -0.39 is 0 Å². The number of nitrogen functional groups attached to an aromatic ring is 1. The van der Waals surface area contributed by atoms with Crippen molar-refractivity contribution in [3.05, 3.63) is 29.8 Å². The molecule has 21 heavy (non-hydrogen) atoms. The highest BCUT2D eigenvalue weighted by molar-refractivity contribution is 6.00. The number of carbonyl (C=O) groups excluding carboxylic acids is 1. The number of ether oxygens (including phenoxy) is 3. The Labute approximate surface area is 124 Å².